The number of sulfonamides is 1. The molecule has 0 radical (unpaired) electrons. The number of anilines is 1. The second-order valence-electron chi connectivity index (χ2n) is 4.55. The molecule has 0 aliphatic heterocycles. The number of aryl methyl sites for hydroxylation is 1. The smallest absolute Gasteiger partial charge is 0.261 e. The van der Waals surface area contributed by atoms with Gasteiger partial charge in [0.1, 0.15) is 5.75 Å². The molecule has 0 aliphatic rings. The van der Waals surface area contributed by atoms with E-state index in [1.807, 2.05) is 13.8 Å². The molecule has 0 fully saturated rings. The SMILES string of the molecule is COc1cccc(NS(=O)(=O)c2ccc(C)cc2)c1C. The van der Waals surface area contributed by atoms with Crippen molar-refractivity contribution in [2.75, 3.05) is 11.8 Å². The maximum absolute atomic E-state index is 12.3. The minimum Gasteiger partial charge on any atom is -0.496 e. The van der Waals surface area contributed by atoms with Gasteiger partial charge in [-0.1, -0.05) is 23.8 Å². The molecular formula is C15H17NO3S. The quantitative estimate of drug-likeness (QED) is 0.941. The van der Waals surface area contributed by atoms with E-state index in [-0.39, 0.29) is 4.90 Å². The van der Waals surface area contributed by atoms with Gasteiger partial charge in [-0.3, -0.25) is 4.72 Å². The summed E-state index contributed by atoms with van der Waals surface area (Å²) in [5.41, 5.74) is 2.29. The first-order valence-electron chi connectivity index (χ1n) is 6.17. The molecule has 0 amide bonds. The molecule has 1 N–H and O–H groups in total. The van der Waals surface area contributed by atoms with E-state index < -0.39 is 10.0 Å². The normalized spacial score (nSPS) is 11.2. The summed E-state index contributed by atoms with van der Waals surface area (Å²) in [5, 5.41) is 0. The van der Waals surface area contributed by atoms with Gasteiger partial charge in [0.2, 0.25) is 0 Å². The van der Waals surface area contributed by atoms with E-state index in [9.17, 15) is 8.42 Å². The molecule has 2 aromatic rings. The van der Waals surface area contributed by atoms with Crippen LogP contribution in [0.15, 0.2) is 47.4 Å². The summed E-state index contributed by atoms with van der Waals surface area (Å²) < 4.78 is 32.4. The fourth-order valence-electron chi connectivity index (χ4n) is 1.87. The topological polar surface area (TPSA) is 55.4 Å². The Labute approximate surface area is 119 Å². The Morgan fingerprint density at radius 2 is 1.65 bits per heavy atom. The van der Waals surface area contributed by atoms with E-state index in [1.165, 1.54) is 0 Å². The minimum atomic E-state index is -3.58. The summed E-state index contributed by atoms with van der Waals surface area (Å²) in [6, 6.07) is 12.0. The third-order valence-corrected chi connectivity index (χ3v) is 4.46. The summed E-state index contributed by atoms with van der Waals surface area (Å²) in [5.74, 6) is 0.647. The van der Waals surface area contributed by atoms with Crippen molar-refractivity contribution in [1.82, 2.24) is 0 Å². The summed E-state index contributed by atoms with van der Waals surface area (Å²) >= 11 is 0. The molecule has 0 bridgehead atoms. The van der Waals surface area contributed by atoms with Crippen LogP contribution in [0.25, 0.3) is 0 Å². The molecule has 2 aromatic carbocycles. The third kappa shape index (κ3) is 2.93. The van der Waals surface area contributed by atoms with E-state index in [4.69, 9.17) is 4.74 Å². The van der Waals surface area contributed by atoms with Crippen LogP contribution in [0.4, 0.5) is 5.69 Å². The first-order valence-corrected chi connectivity index (χ1v) is 7.65. The predicted molar refractivity (Wildman–Crippen MR) is 79.7 cm³/mol. The average molecular weight is 291 g/mol. The lowest BCUT2D eigenvalue weighted by molar-refractivity contribution is 0.412. The number of benzene rings is 2. The Hall–Kier alpha value is -2.01. The number of nitrogens with one attached hydrogen (secondary N) is 1. The van der Waals surface area contributed by atoms with Crippen LogP contribution in [-0.4, -0.2) is 15.5 Å². The maximum Gasteiger partial charge on any atom is 0.261 e. The van der Waals surface area contributed by atoms with Gasteiger partial charge < -0.3 is 4.74 Å². The number of hydrogen-bond donors (Lipinski definition) is 1. The van der Waals surface area contributed by atoms with Gasteiger partial charge >= 0.3 is 0 Å². The lowest BCUT2D eigenvalue weighted by Crippen LogP contribution is -2.13. The average Bonchev–Trinajstić information content (AvgIpc) is 2.41. The van der Waals surface area contributed by atoms with Gasteiger partial charge in [0, 0.05) is 5.56 Å². The summed E-state index contributed by atoms with van der Waals surface area (Å²) in [7, 11) is -2.03. The lowest BCUT2D eigenvalue weighted by atomic mass is 10.2. The molecule has 0 unspecified atom stereocenters. The van der Waals surface area contributed by atoms with Gasteiger partial charge in [0.05, 0.1) is 17.7 Å². The Morgan fingerprint density at radius 1 is 1.00 bits per heavy atom. The molecule has 0 aromatic heterocycles. The molecule has 0 heterocycles. The Bertz CT molecular complexity index is 706. The molecule has 2 rings (SSSR count). The zero-order valence-electron chi connectivity index (χ0n) is 11.7. The Kier molecular flexibility index (Phi) is 3.99. The van der Waals surface area contributed by atoms with Gasteiger partial charge in [-0.2, -0.15) is 0 Å². The van der Waals surface area contributed by atoms with Crippen molar-refractivity contribution in [3.63, 3.8) is 0 Å². The van der Waals surface area contributed by atoms with Crippen molar-refractivity contribution in [3.8, 4) is 5.75 Å². The highest BCUT2D eigenvalue weighted by atomic mass is 32.2. The van der Waals surface area contributed by atoms with E-state index in [0.29, 0.717) is 11.4 Å². The van der Waals surface area contributed by atoms with Gasteiger partial charge in [0.15, 0.2) is 0 Å². The first kappa shape index (κ1) is 14.4. The van der Waals surface area contributed by atoms with E-state index in [2.05, 4.69) is 4.72 Å². The van der Waals surface area contributed by atoms with Crippen LogP contribution >= 0.6 is 0 Å². The van der Waals surface area contributed by atoms with E-state index in [0.717, 1.165) is 11.1 Å². The van der Waals surface area contributed by atoms with Crippen LogP contribution in [0, 0.1) is 13.8 Å². The zero-order valence-corrected chi connectivity index (χ0v) is 12.5. The van der Waals surface area contributed by atoms with Crippen molar-refractivity contribution in [2.24, 2.45) is 0 Å². The molecule has 0 saturated carbocycles. The fraction of sp³-hybridized carbons (Fsp3) is 0.200. The van der Waals surface area contributed by atoms with Crippen LogP contribution in [0.5, 0.6) is 5.75 Å². The molecule has 0 spiro atoms. The first-order chi connectivity index (χ1) is 9.44. The number of methoxy groups -OCH3 is 1. The van der Waals surface area contributed by atoms with Crippen molar-refractivity contribution >= 4 is 15.7 Å². The van der Waals surface area contributed by atoms with E-state index in [1.54, 1.807) is 49.6 Å². The second kappa shape index (κ2) is 5.54. The highest BCUT2D eigenvalue weighted by Crippen LogP contribution is 2.27. The van der Waals surface area contributed by atoms with Crippen molar-refractivity contribution in [2.45, 2.75) is 18.7 Å². The highest BCUT2D eigenvalue weighted by molar-refractivity contribution is 7.92. The Balaban J connectivity index is 2.36. The molecule has 0 atom stereocenters. The number of ether oxygens (including phenoxy) is 1. The molecule has 4 nitrogen and oxygen atoms in total. The monoisotopic (exact) mass is 291 g/mol. The highest BCUT2D eigenvalue weighted by Gasteiger charge is 2.15. The Morgan fingerprint density at radius 3 is 2.25 bits per heavy atom. The number of rotatable bonds is 4. The molecule has 5 heteroatoms. The summed E-state index contributed by atoms with van der Waals surface area (Å²) in [4.78, 5) is 0.241. The zero-order chi connectivity index (χ0) is 14.8. The van der Waals surface area contributed by atoms with Crippen molar-refractivity contribution in [3.05, 3.63) is 53.6 Å². The molecule has 0 aliphatic carbocycles. The fourth-order valence-corrected chi connectivity index (χ4v) is 2.99. The van der Waals surface area contributed by atoms with Crippen LogP contribution in [0.2, 0.25) is 0 Å². The summed E-state index contributed by atoms with van der Waals surface area (Å²) in [6.07, 6.45) is 0. The van der Waals surface area contributed by atoms with Crippen LogP contribution in [0.3, 0.4) is 0 Å². The molecule has 0 saturated heterocycles. The van der Waals surface area contributed by atoms with Gasteiger partial charge in [-0.25, -0.2) is 8.42 Å². The molecule has 106 valence electrons. The molecular weight excluding hydrogens is 274 g/mol. The summed E-state index contributed by atoms with van der Waals surface area (Å²) in [6.45, 7) is 3.72. The van der Waals surface area contributed by atoms with Crippen LogP contribution in [-0.2, 0) is 10.0 Å². The third-order valence-electron chi connectivity index (χ3n) is 3.08. The van der Waals surface area contributed by atoms with Gasteiger partial charge in [-0.05, 0) is 38.1 Å². The minimum absolute atomic E-state index is 0.241. The van der Waals surface area contributed by atoms with E-state index >= 15 is 0 Å². The predicted octanol–water partition coefficient (Wildman–Crippen LogP) is 3.11. The standard InChI is InChI=1S/C15H17NO3S/c1-11-7-9-13(10-8-11)20(17,18)16-14-5-4-6-15(19-3)12(14)2/h4-10,16H,1-3H3. The second-order valence-corrected chi connectivity index (χ2v) is 6.23. The molecule has 20 heavy (non-hydrogen) atoms. The van der Waals surface area contributed by atoms with Crippen LogP contribution < -0.4 is 9.46 Å². The van der Waals surface area contributed by atoms with Gasteiger partial charge in [0.25, 0.3) is 10.0 Å². The van der Waals surface area contributed by atoms with Crippen molar-refractivity contribution < 1.29 is 13.2 Å². The van der Waals surface area contributed by atoms with Crippen molar-refractivity contribution in [1.29, 1.82) is 0 Å². The lowest BCUT2D eigenvalue weighted by Gasteiger charge is -2.13. The number of hydrogen-bond acceptors (Lipinski definition) is 3. The van der Waals surface area contributed by atoms with Crippen LogP contribution in [0.1, 0.15) is 11.1 Å². The maximum atomic E-state index is 12.3. The van der Waals surface area contributed by atoms with Gasteiger partial charge in [-0.15, -0.1) is 0 Å². The largest absolute Gasteiger partial charge is 0.496 e.